The number of amides is 1. The van der Waals surface area contributed by atoms with Crippen molar-refractivity contribution in [1.82, 2.24) is 14.8 Å². The third-order valence-electron chi connectivity index (χ3n) is 5.91. The second-order valence-corrected chi connectivity index (χ2v) is 8.05. The number of nitrogens with zero attached hydrogens (tertiary/aromatic N) is 4. The van der Waals surface area contributed by atoms with Gasteiger partial charge in [0.2, 0.25) is 5.91 Å². The van der Waals surface area contributed by atoms with E-state index >= 15 is 0 Å². The van der Waals surface area contributed by atoms with Crippen molar-refractivity contribution in [3.8, 4) is 6.07 Å². The van der Waals surface area contributed by atoms with Crippen LogP contribution in [0.1, 0.15) is 41.4 Å². The molecule has 170 valence electrons. The third-order valence-corrected chi connectivity index (χ3v) is 5.91. The van der Waals surface area contributed by atoms with Crippen LogP contribution < -0.4 is 5.73 Å². The molecule has 4 rings (SSSR count). The summed E-state index contributed by atoms with van der Waals surface area (Å²) < 4.78 is 0. The van der Waals surface area contributed by atoms with Gasteiger partial charge in [-0.15, -0.1) is 0 Å². The fourth-order valence-corrected chi connectivity index (χ4v) is 3.94. The number of nitrogens with two attached hydrogens (primary N) is 1. The monoisotopic (exact) mass is 441 g/mol. The Balaban J connectivity index is 0.000000194. The second kappa shape index (κ2) is 11.9. The largest absolute Gasteiger partial charge is 0.340 e. The Hall–Kier alpha value is -3.53. The molecule has 6 nitrogen and oxygen atoms in total. The molecule has 1 aliphatic rings. The highest BCUT2D eigenvalue weighted by Crippen LogP contribution is 2.23. The lowest BCUT2D eigenvalue weighted by molar-refractivity contribution is -0.130. The van der Waals surface area contributed by atoms with Crippen molar-refractivity contribution in [2.45, 2.75) is 25.9 Å². The number of nitriles is 1. The number of pyridine rings is 1. The smallest absolute Gasteiger partial charge is 0.219 e. The van der Waals surface area contributed by atoms with Gasteiger partial charge in [-0.25, -0.2) is 0 Å². The van der Waals surface area contributed by atoms with E-state index in [2.05, 4.69) is 40.2 Å². The number of aromatic nitrogens is 1. The lowest BCUT2D eigenvalue weighted by Crippen LogP contribution is -2.49. The molecule has 2 heterocycles. The first-order chi connectivity index (χ1) is 16.0. The van der Waals surface area contributed by atoms with Crippen LogP contribution in [0.4, 0.5) is 0 Å². The first kappa shape index (κ1) is 24.1. The number of carbonyl (C=O) groups is 1. The van der Waals surface area contributed by atoms with Gasteiger partial charge in [-0.05, 0) is 24.1 Å². The first-order valence-corrected chi connectivity index (χ1v) is 11.2. The Kier molecular flexibility index (Phi) is 8.71. The maximum Gasteiger partial charge on any atom is 0.219 e. The van der Waals surface area contributed by atoms with E-state index in [0.29, 0.717) is 13.1 Å². The molecule has 0 bridgehead atoms. The Bertz CT molecular complexity index is 1020. The van der Waals surface area contributed by atoms with Gasteiger partial charge in [0.05, 0.1) is 12.1 Å². The van der Waals surface area contributed by atoms with Crippen LogP contribution in [-0.4, -0.2) is 46.9 Å². The predicted molar refractivity (Wildman–Crippen MR) is 130 cm³/mol. The molecule has 1 fully saturated rings. The summed E-state index contributed by atoms with van der Waals surface area (Å²) >= 11 is 0. The second-order valence-electron chi connectivity index (χ2n) is 8.05. The summed E-state index contributed by atoms with van der Waals surface area (Å²) in [7, 11) is 0. The van der Waals surface area contributed by atoms with Crippen LogP contribution in [0.25, 0.3) is 0 Å². The van der Waals surface area contributed by atoms with Crippen molar-refractivity contribution in [2.75, 3.05) is 26.2 Å². The van der Waals surface area contributed by atoms with Gasteiger partial charge in [-0.1, -0.05) is 66.7 Å². The third kappa shape index (κ3) is 6.48. The van der Waals surface area contributed by atoms with E-state index in [4.69, 9.17) is 5.73 Å². The molecule has 6 heteroatoms. The fraction of sp³-hybridized carbons (Fsp3) is 0.296. The maximum absolute atomic E-state index is 11.3. The van der Waals surface area contributed by atoms with Crippen molar-refractivity contribution in [3.05, 3.63) is 101 Å². The molecule has 0 saturated carbocycles. The number of piperazine rings is 1. The predicted octanol–water partition coefficient (Wildman–Crippen LogP) is 3.85. The highest BCUT2D eigenvalue weighted by Gasteiger charge is 2.26. The Morgan fingerprint density at radius 3 is 1.94 bits per heavy atom. The van der Waals surface area contributed by atoms with Crippen LogP contribution in [0.15, 0.2) is 79.0 Å². The standard InChI is InChI=1S/C14H18N4O.C13H13N/c1-11-13(4-3-5-16-11)14(10-15)18-8-6-17(7-9-18)12(2)19;14-13(11-7-3-1-4-8-11)12-9-5-2-6-10-12/h3-5,14H,6-9H2,1-2H3;1-10,13H,14H2. The normalized spacial score (nSPS) is 14.7. The van der Waals surface area contributed by atoms with Crippen LogP contribution in [0.3, 0.4) is 0 Å². The van der Waals surface area contributed by atoms with Crippen molar-refractivity contribution in [3.63, 3.8) is 0 Å². The lowest BCUT2D eigenvalue weighted by atomic mass is 10.00. The minimum Gasteiger partial charge on any atom is -0.340 e. The van der Waals surface area contributed by atoms with Crippen molar-refractivity contribution >= 4 is 5.91 Å². The zero-order chi connectivity index (χ0) is 23.6. The summed E-state index contributed by atoms with van der Waals surface area (Å²) in [5.41, 5.74) is 10.3. The van der Waals surface area contributed by atoms with Crippen LogP contribution >= 0.6 is 0 Å². The number of aryl methyl sites for hydroxylation is 1. The Labute approximate surface area is 196 Å². The van der Waals surface area contributed by atoms with Gasteiger partial charge in [0, 0.05) is 50.6 Å². The van der Waals surface area contributed by atoms with Crippen molar-refractivity contribution in [1.29, 1.82) is 5.26 Å². The molecule has 1 aliphatic heterocycles. The summed E-state index contributed by atoms with van der Waals surface area (Å²) in [5, 5.41) is 9.43. The van der Waals surface area contributed by atoms with E-state index < -0.39 is 0 Å². The lowest BCUT2D eigenvalue weighted by Gasteiger charge is -2.36. The summed E-state index contributed by atoms with van der Waals surface area (Å²) in [4.78, 5) is 19.5. The average Bonchev–Trinajstić information content (AvgIpc) is 2.87. The molecule has 1 unspecified atom stereocenters. The molecular formula is C27H31N5O. The molecule has 1 amide bonds. The van der Waals surface area contributed by atoms with Crippen LogP contribution in [0, 0.1) is 18.3 Å². The minimum absolute atomic E-state index is 0.0163. The summed E-state index contributed by atoms with van der Waals surface area (Å²) in [6.07, 6.45) is 1.74. The quantitative estimate of drug-likeness (QED) is 0.665. The van der Waals surface area contributed by atoms with Crippen molar-refractivity contribution in [2.24, 2.45) is 5.73 Å². The molecule has 0 aliphatic carbocycles. The average molecular weight is 442 g/mol. The van der Waals surface area contributed by atoms with E-state index in [1.807, 2.05) is 60.4 Å². The molecule has 0 radical (unpaired) electrons. The van der Waals surface area contributed by atoms with Gasteiger partial charge in [0.15, 0.2) is 0 Å². The maximum atomic E-state index is 11.3. The Morgan fingerprint density at radius 2 is 1.48 bits per heavy atom. The van der Waals surface area contributed by atoms with Gasteiger partial charge in [-0.3, -0.25) is 14.7 Å². The molecule has 0 spiro atoms. The van der Waals surface area contributed by atoms with Gasteiger partial charge in [0.25, 0.3) is 0 Å². The topological polar surface area (TPSA) is 86.2 Å². The minimum atomic E-state index is -0.275. The molecule has 2 N–H and O–H groups in total. The highest BCUT2D eigenvalue weighted by atomic mass is 16.2. The molecular weight excluding hydrogens is 410 g/mol. The van der Waals surface area contributed by atoms with Gasteiger partial charge in [-0.2, -0.15) is 5.26 Å². The van der Waals surface area contributed by atoms with E-state index in [0.717, 1.165) is 35.5 Å². The number of hydrogen-bond donors (Lipinski definition) is 1. The number of rotatable bonds is 4. The molecule has 1 aromatic heterocycles. The van der Waals surface area contributed by atoms with Crippen LogP contribution in [-0.2, 0) is 4.79 Å². The van der Waals surface area contributed by atoms with E-state index in [-0.39, 0.29) is 18.0 Å². The number of carbonyl (C=O) groups excluding carboxylic acids is 1. The number of hydrogen-bond acceptors (Lipinski definition) is 5. The number of benzene rings is 2. The molecule has 33 heavy (non-hydrogen) atoms. The van der Waals surface area contributed by atoms with E-state index in [1.54, 1.807) is 13.1 Å². The summed E-state index contributed by atoms with van der Waals surface area (Å²) in [6.45, 7) is 6.34. The highest BCUT2D eigenvalue weighted by molar-refractivity contribution is 5.73. The zero-order valence-corrected chi connectivity index (χ0v) is 19.3. The van der Waals surface area contributed by atoms with Crippen molar-refractivity contribution < 1.29 is 4.79 Å². The summed E-state index contributed by atoms with van der Waals surface area (Å²) in [5.74, 6) is 0.103. The molecule has 1 saturated heterocycles. The fourth-order valence-electron chi connectivity index (χ4n) is 3.94. The molecule has 2 aromatic carbocycles. The SMILES string of the molecule is CC(=O)N1CCN(C(C#N)c2cccnc2C)CC1.NC(c1ccccc1)c1ccccc1. The van der Waals surface area contributed by atoms with Gasteiger partial charge in [0.1, 0.15) is 6.04 Å². The molecule has 3 aromatic rings. The van der Waals surface area contributed by atoms with E-state index in [9.17, 15) is 10.1 Å². The zero-order valence-electron chi connectivity index (χ0n) is 19.3. The summed E-state index contributed by atoms with van der Waals surface area (Å²) in [6, 6.07) is 26.1. The van der Waals surface area contributed by atoms with Gasteiger partial charge >= 0.3 is 0 Å². The molecule has 1 atom stereocenters. The van der Waals surface area contributed by atoms with Crippen LogP contribution in [0.5, 0.6) is 0 Å². The van der Waals surface area contributed by atoms with E-state index in [1.165, 1.54) is 0 Å². The van der Waals surface area contributed by atoms with Gasteiger partial charge < -0.3 is 10.6 Å². The van der Waals surface area contributed by atoms with Crippen LogP contribution in [0.2, 0.25) is 0 Å². The first-order valence-electron chi connectivity index (χ1n) is 11.2. The Morgan fingerprint density at radius 1 is 0.939 bits per heavy atom.